The lowest BCUT2D eigenvalue weighted by Crippen LogP contribution is -2.30. The summed E-state index contributed by atoms with van der Waals surface area (Å²) in [7, 11) is 0. The van der Waals surface area contributed by atoms with E-state index in [2.05, 4.69) is 57.2 Å². The number of hydrogen-bond acceptors (Lipinski definition) is 6. The molecule has 464 valence electrons. The second kappa shape index (κ2) is 68.1. The van der Waals surface area contributed by atoms with Crippen molar-refractivity contribution in [3.05, 3.63) is 36.5 Å². The summed E-state index contributed by atoms with van der Waals surface area (Å²) in [4.78, 5) is 38.4. The normalized spacial score (nSPS) is 12.2. The van der Waals surface area contributed by atoms with Gasteiger partial charge in [0.15, 0.2) is 6.10 Å². The van der Waals surface area contributed by atoms with Gasteiger partial charge in [0.25, 0.3) is 0 Å². The molecular weight excluding hydrogens is 973 g/mol. The topological polar surface area (TPSA) is 78.9 Å². The van der Waals surface area contributed by atoms with Crippen LogP contribution in [0.5, 0.6) is 0 Å². The van der Waals surface area contributed by atoms with Crippen LogP contribution in [0.3, 0.4) is 0 Å². The largest absolute Gasteiger partial charge is 0.462 e. The van der Waals surface area contributed by atoms with Gasteiger partial charge in [0.05, 0.1) is 0 Å². The number of carbonyl (C=O) groups is 3. The summed E-state index contributed by atoms with van der Waals surface area (Å²) >= 11 is 0. The van der Waals surface area contributed by atoms with Crippen molar-refractivity contribution in [2.75, 3.05) is 13.2 Å². The first kappa shape index (κ1) is 76.6. The van der Waals surface area contributed by atoms with Gasteiger partial charge >= 0.3 is 17.9 Å². The predicted molar refractivity (Wildman–Crippen MR) is 344 cm³/mol. The van der Waals surface area contributed by atoms with Crippen LogP contribution in [0.15, 0.2) is 36.5 Å². The molecule has 6 nitrogen and oxygen atoms in total. The highest BCUT2D eigenvalue weighted by atomic mass is 16.6. The van der Waals surface area contributed by atoms with Crippen LogP contribution in [0.25, 0.3) is 0 Å². The molecule has 0 radical (unpaired) electrons. The lowest BCUT2D eigenvalue weighted by Gasteiger charge is -2.18. The average Bonchev–Trinajstić information content (AvgIpc) is 3.45. The number of esters is 3. The summed E-state index contributed by atoms with van der Waals surface area (Å²) in [5.41, 5.74) is 0. The zero-order valence-corrected chi connectivity index (χ0v) is 53.4. The fraction of sp³-hybridized carbons (Fsp3) is 0.877. The van der Waals surface area contributed by atoms with Crippen molar-refractivity contribution in [3.63, 3.8) is 0 Å². The van der Waals surface area contributed by atoms with Gasteiger partial charge in [-0.25, -0.2) is 0 Å². The van der Waals surface area contributed by atoms with Crippen LogP contribution < -0.4 is 0 Å². The molecule has 0 rings (SSSR count). The van der Waals surface area contributed by atoms with E-state index in [9.17, 15) is 14.4 Å². The maximum Gasteiger partial charge on any atom is 0.306 e. The number of allylic oxidation sites excluding steroid dienone is 6. The SMILES string of the molecule is CCCCCC/C=C\C/C=C\CCCCCCCC(=O)OC(COC(=O)CCCCCCCCCCCCCCCCCC)COC(=O)CCCCCCCCCCCCCCCCCCC/C=C\CCCCCCCCCC. The third-order valence-corrected chi connectivity index (χ3v) is 16.1. The molecule has 0 spiro atoms. The first-order chi connectivity index (χ1) is 39.0. The fourth-order valence-electron chi connectivity index (χ4n) is 10.8. The van der Waals surface area contributed by atoms with Crippen molar-refractivity contribution in [1.29, 1.82) is 0 Å². The van der Waals surface area contributed by atoms with Gasteiger partial charge in [-0.2, -0.15) is 0 Å². The molecule has 0 aliphatic rings. The molecule has 0 amide bonds. The Morgan fingerprint density at radius 2 is 0.456 bits per heavy atom. The standard InChI is InChI=1S/C73H136O6/c1-4-7-10-13-16-19-22-25-28-31-32-33-34-35-36-37-38-39-40-41-42-43-46-48-51-54-57-60-63-66-72(75)78-69-70(79-73(76)67-64-61-58-55-52-49-45-30-27-24-21-18-15-12-9-6-3)68-77-71(74)65-62-59-56-53-50-47-44-29-26-23-20-17-14-11-8-5-2/h21,24,30-32,45,70H,4-20,22-23,25-29,33-44,46-69H2,1-3H3/b24-21-,32-31-,45-30-. The number of unbranched alkanes of at least 4 members (excludes halogenated alkanes) is 49. The molecule has 0 saturated carbocycles. The summed E-state index contributed by atoms with van der Waals surface area (Å²) in [5, 5.41) is 0. The molecule has 0 fully saturated rings. The Balaban J connectivity index is 4.20. The van der Waals surface area contributed by atoms with Gasteiger partial charge in [-0.3, -0.25) is 14.4 Å². The van der Waals surface area contributed by atoms with Crippen molar-refractivity contribution in [2.24, 2.45) is 0 Å². The summed E-state index contributed by atoms with van der Waals surface area (Å²) in [6.45, 7) is 6.68. The van der Waals surface area contributed by atoms with Gasteiger partial charge in [-0.1, -0.05) is 333 Å². The fourth-order valence-corrected chi connectivity index (χ4v) is 10.8. The maximum atomic E-state index is 12.9. The Bertz CT molecular complexity index is 1320. The molecule has 1 atom stereocenters. The summed E-state index contributed by atoms with van der Waals surface area (Å²) < 4.78 is 17.0. The molecule has 0 bridgehead atoms. The zero-order valence-electron chi connectivity index (χ0n) is 53.4. The molecule has 0 heterocycles. The van der Waals surface area contributed by atoms with Crippen molar-refractivity contribution >= 4 is 17.9 Å². The van der Waals surface area contributed by atoms with E-state index in [1.54, 1.807) is 0 Å². The van der Waals surface area contributed by atoms with Crippen molar-refractivity contribution < 1.29 is 28.6 Å². The highest BCUT2D eigenvalue weighted by Gasteiger charge is 2.19. The maximum absolute atomic E-state index is 12.9. The molecule has 0 aliphatic heterocycles. The first-order valence-corrected chi connectivity index (χ1v) is 35.5. The van der Waals surface area contributed by atoms with E-state index < -0.39 is 6.10 Å². The number of carbonyl (C=O) groups excluding carboxylic acids is 3. The summed E-state index contributed by atoms with van der Waals surface area (Å²) in [5.74, 6) is -0.857. The molecule has 79 heavy (non-hydrogen) atoms. The van der Waals surface area contributed by atoms with Gasteiger partial charge in [-0.05, 0) is 77.0 Å². The summed E-state index contributed by atoms with van der Waals surface area (Å²) in [6.07, 6.45) is 84.6. The van der Waals surface area contributed by atoms with Crippen LogP contribution in [-0.2, 0) is 28.6 Å². The third kappa shape index (κ3) is 66.3. The molecule has 0 aromatic carbocycles. The Hall–Kier alpha value is -2.37. The van der Waals surface area contributed by atoms with E-state index in [1.165, 1.54) is 276 Å². The molecule has 1 unspecified atom stereocenters. The van der Waals surface area contributed by atoms with Crippen LogP contribution in [-0.4, -0.2) is 37.2 Å². The minimum absolute atomic E-state index is 0.0724. The quantitative estimate of drug-likeness (QED) is 0.0261. The van der Waals surface area contributed by atoms with Crippen LogP contribution in [0, 0.1) is 0 Å². The first-order valence-electron chi connectivity index (χ1n) is 35.5. The number of rotatable bonds is 66. The lowest BCUT2D eigenvalue weighted by atomic mass is 10.0. The van der Waals surface area contributed by atoms with Crippen molar-refractivity contribution in [1.82, 2.24) is 0 Å². The highest BCUT2D eigenvalue weighted by molar-refractivity contribution is 5.71. The average molecular weight is 1110 g/mol. The van der Waals surface area contributed by atoms with E-state index in [1.807, 2.05) is 0 Å². The smallest absolute Gasteiger partial charge is 0.306 e. The third-order valence-electron chi connectivity index (χ3n) is 16.1. The second-order valence-corrected chi connectivity index (χ2v) is 24.1. The molecule has 0 N–H and O–H groups in total. The van der Waals surface area contributed by atoms with Crippen LogP contribution in [0.4, 0.5) is 0 Å². The summed E-state index contributed by atoms with van der Waals surface area (Å²) in [6, 6.07) is 0. The molecule has 0 saturated heterocycles. The Kier molecular flexibility index (Phi) is 66.1. The number of ether oxygens (including phenoxy) is 3. The van der Waals surface area contributed by atoms with Crippen LogP contribution in [0.1, 0.15) is 393 Å². The highest BCUT2D eigenvalue weighted by Crippen LogP contribution is 2.18. The zero-order chi connectivity index (χ0) is 57.1. The van der Waals surface area contributed by atoms with Gasteiger partial charge in [0.1, 0.15) is 13.2 Å². The minimum Gasteiger partial charge on any atom is -0.462 e. The van der Waals surface area contributed by atoms with Gasteiger partial charge in [0, 0.05) is 19.3 Å². The Labute approximate surface area is 493 Å². The van der Waals surface area contributed by atoms with Crippen LogP contribution in [0.2, 0.25) is 0 Å². The molecule has 6 heteroatoms. The Morgan fingerprint density at radius 1 is 0.253 bits per heavy atom. The van der Waals surface area contributed by atoms with Gasteiger partial charge in [0.2, 0.25) is 0 Å². The van der Waals surface area contributed by atoms with E-state index in [4.69, 9.17) is 14.2 Å². The van der Waals surface area contributed by atoms with E-state index >= 15 is 0 Å². The van der Waals surface area contributed by atoms with Gasteiger partial charge < -0.3 is 14.2 Å². The van der Waals surface area contributed by atoms with Crippen molar-refractivity contribution in [2.45, 2.75) is 399 Å². The Morgan fingerprint density at radius 3 is 0.722 bits per heavy atom. The van der Waals surface area contributed by atoms with Crippen LogP contribution >= 0.6 is 0 Å². The van der Waals surface area contributed by atoms with E-state index in [-0.39, 0.29) is 31.1 Å². The second-order valence-electron chi connectivity index (χ2n) is 24.1. The van der Waals surface area contributed by atoms with Gasteiger partial charge in [-0.15, -0.1) is 0 Å². The van der Waals surface area contributed by atoms with E-state index in [0.29, 0.717) is 19.3 Å². The predicted octanol–water partition coefficient (Wildman–Crippen LogP) is 24.3. The molecule has 0 aliphatic carbocycles. The van der Waals surface area contributed by atoms with E-state index in [0.717, 1.165) is 77.0 Å². The molecule has 0 aromatic rings. The minimum atomic E-state index is -0.777. The monoisotopic (exact) mass is 1110 g/mol. The lowest BCUT2D eigenvalue weighted by molar-refractivity contribution is -0.167. The number of hydrogen-bond donors (Lipinski definition) is 0. The van der Waals surface area contributed by atoms with Crippen molar-refractivity contribution in [3.8, 4) is 0 Å². The molecule has 0 aromatic heterocycles. The molecular formula is C73H136O6.